The van der Waals surface area contributed by atoms with E-state index in [2.05, 4.69) is 31.9 Å². The zero-order valence-electron chi connectivity index (χ0n) is 16.5. The Balaban J connectivity index is 2.03. The van der Waals surface area contributed by atoms with Crippen LogP contribution >= 0.6 is 31.9 Å². The molecule has 0 radical (unpaired) electrons. The number of Topliss-reactive ketones (excluding diaryl/α,β-unsaturated/α-hetero) is 2. The maximum absolute atomic E-state index is 13.2. The van der Waals surface area contributed by atoms with Crippen LogP contribution in [-0.4, -0.2) is 41.2 Å². The second-order valence-electron chi connectivity index (χ2n) is 7.70. The van der Waals surface area contributed by atoms with Crippen molar-refractivity contribution in [2.45, 2.75) is 44.4 Å². The number of benzene rings is 1. The van der Waals surface area contributed by atoms with Gasteiger partial charge in [-0.05, 0) is 53.7 Å². The Morgan fingerprint density at radius 1 is 1.07 bits per heavy atom. The van der Waals surface area contributed by atoms with E-state index >= 15 is 0 Å². The third-order valence-electron chi connectivity index (χ3n) is 5.93. The summed E-state index contributed by atoms with van der Waals surface area (Å²) in [6, 6.07) is 3.75. The van der Waals surface area contributed by atoms with Gasteiger partial charge in [0.25, 0.3) is 0 Å². The van der Waals surface area contributed by atoms with Crippen molar-refractivity contribution in [1.29, 1.82) is 0 Å². The number of carboxylic acids is 1. The molecule has 1 aromatic carbocycles. The molecule has 0 atom stereocenters. The van der Waals surface area contributed by atoms with Crippen LogP contribution in [-0.2, 0) is 14.4 Å². The highest BCUT2D eigenvalue weighted by atomic mass is 79.9. The SMILES string of the molecule is COc1c(Br)cc(Br)cc1C1C2=C(CCCC2=O)N(CC(=O)O)C2=C1C(=O)CCC2. The van der Waals surface area contributed by atoms with Crippen molar-refractivity contribution in [2.75, 3.05) is 13.7 Å². The zero-order valence-corrected chi connectivity index (χ0v) is 19.6. The molecule has 3 aliphatic rings. The van der Waals surface area contributed by atoms with Crippen LogP contribution in [0.5, 0.6) is 5.75 Å². The van der Waals surface area contributed by atoms with Gasteiger partial charge in [-0.25, -0.2) is 0 Å². The van der Waals surface area contributed by atoms with Crippen LogP contribution in [0.25, 0.3) is 0 Å². The molecule has 0 amide bonds. The molecule has 0 unspecified atom stereocenters. The molecule has 1 aliphatic heterocycles. The summed E-state index contributed by atoms with van der Waals surface area (Å²) in [7, 11) is 1.56. The first kappa shape index (κ1) is 21.3. The molecule has 4 rings (SSSR count). The topological polar surface area (TPSA) is 83.9 Å². The predicted molar refractivity (Wildman–Crippen MR) is 117 cm³/mol. The Bertz CT molecular complexity index is 983. The van der Waals surface area contributed by atoms with E-state index < -0.39 is 11.9 Å². The average Bonchev–Trinajstić information content (AvgIpc) is 2.68. The highest BCUT2D eigenvalue weighted by molar-refractivity contribution is 9.11. The van der Waals surface area contributed by atoms with Gasteiger partial charge in [-0.1, -0.05) is 15.9 Å². The first-order valence-corrected chi connectivity index (χ1v) is 11.5. The molecule has 1 heterocycles. The number of carbonyl (C=O) groups excluding carboxylic acids is 2. The van der Waals surface area contributed by atoms with Crippen molar-refractivity contribution < 1.29 is 24.2 Å². The van der Waals surface area contributed by atoms with E-state index in [1.54, 1.807) is 12.0 Å². The number of carboxylic acid groups (broad SMARTS) is 1. The highest BCUT2D eigenvalue weighted by Gasteiger charge is 2.44. The van der Waals surface area contributed by atoms with Crippen molar-refractivity contribution in [3.8, 4) is 5.75 Å². The van der Waals surface area contributed by atoms with Crippen LogP contribution in [0.4, 0.5) is 0 Å². The molecule has 1 N–H and O–H groups in total. The minimum atomic E-state index is -0.981. The molecule has 0 bridgehead atoms. The van der Waals surface area contributed by atoms with Gasteiger partial charge in [-0.2, -0.15) is 0 Å². The lowest BCUT2D eigenvalue weighted by Gasteiger charge is -2.43. The Labute approximate surface area is 191 Å². The van der Waals surface area contributed by atoms with Crippen molar-refractivity contribution in [2.24, 2.45) is 0 Å². The molecular formula is C22H21Br2NO5. The lowest BCUT2D eigenvalue weighted by atomic mass is 9.70. The monoisotopic (exact) mass is 537 g/mol. The number of aliphatic carboxylic acids is 1. The third kappa shape index (κ3) is 3.54. The van der Waals surface area contributed by atoms with Gasteiger partial charge in [-0.15, -0.1) is 0 Å². The first-order valence-electron chi connectivity index (χ1n) is 9.88. The number of rotatable bonds is 4. The third-order valence-corrected chi connectivity index (χ3v) is 6.98. The van der Waals surface area contributed by atoms with Crippen LogP contribution in [0.3, 0.4) is 0 Å². The molecule has 158 valence electrons. The van der Waals surface area contributed by atoms with Crippen LogP contribution < -0.4 is 4.74 Å². The summed E-state index contributed by atoms with van der Waals surface area (Å²) in [6.07, 6.45) is 3.38. The zero-order chi connectivity index (χ0) is 21.6. The van der Waals surface area contributed by atoms with Gasteiger partial charge in [0.1, 0.15) is 12.3 Å². The molecule has 2 aliphatic carbocycles. The quantitative estimate of drug-likeness (QED) is 0.597. The van der Waals surface area contributed by atoms with Gasteiger partial charge in [0.2, 0.25) is 0 Å². The number of ketones is 2. The van der Waals surface area contributed by atoms with E-state index in [1.807, 2.05) is 12.1 Å². The van der Waals surface area contributed by atoms with Gasteiger partial charge in [-0.3, -0.25) is 14.4 Å². The van der Waals surface area contributed by atoms with Crippen molar-refractivity contribution in [3.63, 3.8) is 0 Å². The molecule has 30 heavy (non-hydrogen) atoms. The Kier molecular flexibility index (Phi) is 5.90. The second kappa shape index (κ2) is 8.30. The van der Waals surface area contributed by atoms with E-state index in [0.717, 1.165) is 25.9 Å². The molecule has 6 nitrogen and oxygen atoms in total. The number of carbonyl (C=O) groups is 3. The molecule has 0 saturated heterocycles. The first-order chi connectivity index (χ1) is 14.3. The molecule has 0 saturated carbocycles. The van der Waals surface area contributed by atoms with Crippen LogP contribution in [0, 0.1) is 0 Å². The van der Waals surface area contributed by atoms with E-state index in [4.69, 9.17) is 4.74 Å². The minimum absolute atomic E-state index is 0.0280. The lowest BCUT2D eigenvalue weighted by Crippen LogP contribution is -2.41. The maximum Gasteiger partial charge on any atom is 0.323 e. The number of allylic oxidation sites excluding steroid dienone is 4. The van der Waals surface area contributed by atoms with E-state index in [9.17, 15) is 19.5 Å². The van der Waals surface area contributed by atoms with Gasteiger partial charge in [0.05, 0.1) is 11.6 Å². The number of halogens is 2. The number of hydrogen-bond donors (Lipinski definition) is 1. The summed E-state index contributed by atoms with van der Waals surface area (Å²) < 4.78 is 7.18. The Morgan fingerprint density at radius 3 is 2.13 bits per heavy atom. The molecule has 8 heteroatoms. The van der Waals surface area contributed by atoms with Crippen LogP contribution in [0.1, 0.15) is 50.0 Å². The molecule has 0 aromatic heterocycles. The fraction of sp³-hybridized carbons (Fsp3) is 0.409. The summed E-state index contributed by atoms with van der Waals surface area (Å²) in [5.74, 6) is -1.01. The number of methoxy groups -OCH3 is 1. The summed E-state index contributed by atoms with van der Waals surface area (Å²) in [5.41, 5.74) is 3.30. The normalized spacial score (nSPS) is 19.8. The lowest BCUT2D eigenvalue weighted by molar-refractivity contribution is -0.138. The molecule has 1 aromatic rings. The van der Waals surface area contributed by atoms with Crippen molar-refractivity contribution in [1.82, 2.24) is 4.90 Å². The highest BCUT2D eigenvalue weighted by Crippen LogP contribution is 2.52. The maximum atomic E-state index is 13.2. The van der Waals surface area contributed by atoms with E-state index in [1.165, 1.54) is 0 Å². The Morgan fingerprint density at radius 2 is 1.63 bits per heavy atom. The Hall–Kier alpha value is -1.93. The van der Waals surface area contributed by atoms with E-state index in [-0.39, 0.29) is 18.1 Å². The second-order valence-corrected chi connectivity index (χ2v) is 9.47. The fourth-order valence-corrected chi connectivity index (χ4v) is 6.28. The van der Waals surface area contributed by atoms with Gasteiger partial charge in [0.15, 0.2) is 11.6 Å². The number of ether oxygens (including phenoxy) is 1. The average molecular weight is 539 g/mol. The number of hydrogen-bond acceptors (Lipinski definition) is 5. The van der Waals surface area contributed by atoms with E-state index in [0.29, 0.717) is 55.4 Å². The fourth-order valence-electron chi connectivity index (χ4n) is 4.86. The van der Waals surface area contributed by atoms with Crippen LogP contribution in [0.2, 0.25) is 0 Å². The molecule has 0 spiro atoms. The smallest absolute Gasteiger partial charge is 0.323 e. The summed E-state index contributed by atoms with van der Waals surface area (Å²) >= 11 is 7.05. The standard InChI is InChI=1S/C22H21Br2NO5/c1-30-22-12(8-11(23)9-13(22)24)19-20-14(4-2-6-16(20)26)25(10-18(28)29)15-5-3-7-17(27)21(15)19/h8-9,19H,2-7,10H2,1H3,(H,28,29). The summed E-state index contributed by atoms with van der Waals surface area (Å²) in [4.78, 5) is 39.7. The molecule has 0 fully saturated rings. The minimum Gasteiger partial charge on any atom is -0.495 e. The number of nitrogens with zero attached hydrogens (tertiary/aromatic N) is 1. The predicted octanol–water partition coefficient (Wildman–Crippen LogP) is 4.72. The molecular weight excluding hydrogens is 518 g/mol. The van der Waals surface area contributed by atoms with Gasteiger partial charge < -0.3 is 14.7 Å². The van der Waals surface area contributed by atoms with Crippen LogP contribution in [0.15, 0.2) is 43.6 Å². The summed E-state index contributed by atoms with van der Waals surface area (Å²) in [5, 5.41) is 9.53. The summed E-state index contributed by atoms with van der Waals surface area (Å²) in [6.45, 7) is -0.246. The van der Waals surface area contributed by atoms with Gasteiger partial charge >= 0.3 is 5.97 Å². The van der Waals surface area contributed by atoms with Gasteiger partial charge in [0, 0.05) is 51.3 Å². The largest absolute Gasteiger partial charge is 0.495 e. The van der Waals surface area contributed by atoms with Crippen molar-refractivity contribution >= 4 is 49.4 Å². The van der Waals surface area contributed by atoms with Crippen molar-refractivity contribution in [3.05, 3.63) is 49.2 Å².